The first-order chi connectivity index (χ1) is 11.1. The van der Waals surface area contributed by atoms with Gasteiger partial charge >= 0.3 is 0 Å². The highest BCUT2D eigenvalue weighted by molar-refractivity contribution is 7.09. The van der Waals surface area contributed by atoms with Crippen LogP contribution >= 0.6 is 11.3 Å². The van der Waals surface area contributed by atoms with Crippen LogP contribution in [-0.2, 0) is 11.2 Å². The number of carbonyl (C=O) groups is 1. The molecule has 0 aliphatic heterocycles. The fraction of sp³-hybridized carbons (Fsp3) is 0.421. The van der Waals surface area contributed by atoms with Crippen LogP contribution in [-0.4, -0.2) is 13.0 Å². The van der Waals surface area contributed by atoms with E-state index in [0.29, 0.717) is 12.3 Å². The van der Waals surface area contributed by atoms with Crippen molar-refractivity contribution in [3.8, 4) is 5.75 Å². The van der Waals surface area contributed by atoms with Crippen LogP contribution in [0.2, 0.25) is 0 Å². The molecule has 23 heavy (non-hydrogen) atoms. The summed E-state index contributed by atoms with van der Waals surface area (Å²) in [5.41, 5.74) is 1.12. The van der Waals surface area contributed by atoms with Gasteiger partial charge in [-0.15, -0.1) is 11.3 Å². The lowest BCUT2D eigenvalue weighted by molar-refractivity contribution is -0.122. The van der Waals surface area contributed by atoms with Crippen LogP contribution in [0.3, 0.4) is 0 Å². The molecule has 0 aliphatic carbocycles. The highest BCUT2D eigenvalue weighted by Crippen LogP contribution is 2.24. The van der Waals surface area contributed by atoms with Crippen molar-refractivity contribution in [3.63, 3.8) is 0 Å². The molecular formula is C19H25NO2S. The Hall–Kier alpha value is -1.81. The number of rotatable bonds is 8. The number of thiophene rings is 1. The van der Waals surface area contributed by atoms with E-state index < -0.39 is 0 Å². The normalized spacial score (nSPS) is 12.2. The van der Waals surface area contributed by atoms with E-state index in [4.69, 9.17) is 4.74 Å². The molecule has 0 bridgehead atoms. The molecule has 0 radical (unpaired) electrons. The number of aryl methyl sites for hydroxylation is 1. The highest BCUT2D eigenvalue weighted by Gasteiger charge is 2.18. The van der Waals surface area contributed by atoms with E-state index in [0.717, 1.165) is 24.2 Å². The van der Waals surface area contributed by atoms with Crippen molar-refractivity contribution in [2.24, 2.45) is 5.92 Å². The summed E-state index contributed by atoms with van der Waals surface area (Å²) in [6.45, 7) is 4.25. The number of hydrogen-bond acceptors (Lipinski definition) is 3. The molecule has 1 aromatic carbocycles. The molecule has 1 amide bonds. The lowest BCUT2D eigenvalue weighted by Crippen LogP contribution is -2.31. The van der Waals surface area contributed by atoms with Crippen LogP contribution in [0.4, 0.5) is 0 Å². The van der Waals surface area contributed by atoms with Crippen molar-refractivity contribution in [2.75, 3.05) is 7.11 Å². The predicted molar refractivity (Wildman–Crippen MR) is 96.0 cm³/mol. The zero-order chi connectivity index (χ0) is 16.7. The maximum atomic E-state index is 12.3. The minimum Gasteiger partial charge on any atom is -0.497 e. The second-order valence-corrected chi connectivity index (χ2v) is 7.03. The Morgan fingerprint density at radius 3 is 2.52 bits per heavy atom. The van der Waals surface area contributed by atoms with Gasteiger partial charge in [-0.1, -0.05) is 32.0 Å². The minimum atomic E-state index is 0.0372. The zero-order valence-corrected chi connectivity index (χ0v) is 14.9. The van der Waals surface area contributed by atoms with Crippen LogP contribution in [0.5, 0.6) is 5.75 Å². The fourth-order valence-electron chi connectivity index (χ4n) is 2.57. The molecule has 0 spiro atoms. The molecule has 4 heteroatoms. The first-order valence-corrected chi connectivity index (χ1v) is 8.94. The van der Waals surface area contributed by atoms with Gasteiger partial charge in [-0.2, -0.15) is 0 Å². The molecule has 3 nitrogen and oxygen atoms in total. The van der Waals surface area contributed by atoms with Crippen molar-refractivity contribution in [3.05, 3.63) is 52.2 Å². The van der Waals surface area contributed by atoms with Crippen molar-refractivity contribution in [2.45, 2.75) is 39.2 Å². The first kappa shape index (κ1) is 17.5. The quantitative estimate of drug-likeness (QED) is 0.768. The number of nitrogens with one attached hydrogen (secondary N) is 1. The van der Waals surface area contributed by atoms with Crippen LogP contribution in [0.15, 0.2) is 41.8 Å². The van der Waals surface area contributed by atoms with Gasteiger partial charge in [0, 0.05) is 11.3 Å². The Morgan fingerprint density at radius 1 is 1.22 bits per heavy atom. The molecule has 0 aliphatic rings. The topological polar surface area (TPSA) is 38.3 Å². The summed E-state index contributed by atoms with van der Waals surface area (Å²) in [5.74, 6) is 1.29. The van der Waals surface area contributed by atoms with E-state index in [1.807, 2.05) is 24.3 Å². The maximum Gasteiger partial charge on any atom is 0.220 e. The molecule has 1 aromatic heterocycles. The lowest BCUT2D eigenvalue weighted by Gasteiger charge is -2.23. The molecule has 1 atom stereocenters. The van der Waals surface area contributed by atoms with E-state index in [1.165, 1.54) is 4.88 Å². The summed E-state index contributed by atoms with van der Waals surface area (Å²) >= 11 is 1.75. The largest absolute Gasteiger partial charge is 0.497 e. The van der Waals surface area contributed by atoms with Gasteiger partial charge in [0.1, 0.15) is 5.75 Å². The van der Waals surface area contributed by atoms with Gasteiger partial charge in [0.15, 0.2) is 0 Å². The minimum absolute atomic E-state index is 0.0372. The van der Waals surface area contributed by atoms with E-state index in [9.17, 15) is 4.79 Å². The molecule has 0 saturated heterocycles. The Bertz CT molecular complexity index is 590. The second kappa shape index (κ2) is 8.73. The molecule has 0 fully saturated rings. The van der Waals surface area contributed by atoms with Crippen molar-refractivity contribution in [1.82, 2.24) is 5.32 Å². The third-order valence-corrected chi connectivity index (χ3v) is 4.80. The third-order valence-electron chi connectivity index (χ3n) is 3.87. The average Bonchev–Trinajstić information content (AvgIpc) is 3.06. The summed E-state index contributed by atoms with van der Waals surface area (Å²) in [6, 6.07) is 12.1. The number of ether oxygens (including phenoxy) is 1. The monoisotopic (exact) mass is 331 g/mol. The van der Waals surface area contributed by atoms with Crippen LogP contribution in [0, 0.1) is 5.92 Å². The van der Waals surface area contributed by atoms with E-state index in [1.54, 1.807) is 18.4 Å². The summed E-state index contributed by atoms with van der Waals surface area (Å²) in [5, 5.41) is 5.25. The summed E-state index contributed by atoms with van der Waals surface area (Å²) < 4.78 is 5.19. The smallest absolute Gasteiger partial charge is 0.220 e. The summed E-state index contributed by atoms with van der Waals surface area (Å²) in [6.07, 6.45) is 2.43. The number of carbonyl (C=O) groups excluding carboxylic acids is 1. The number of methoxy groups -OCH3 is 1. The Balaban J connectivity index is 1.88. The lowest BCUT2D eigenvalue weighted by atomic mass is 9.95. The molecule has 1 heterocycles. The Labute approximate surface area is 142 Å². The van der Waals surface area contributed by atoms with Crippen molar-refractivity contribution < 1.29 is 9.53 Å². The van der Waals surface area contributed by atoms with Crippen molar-refractivity contribution >= 4 is 17.2 Å². The van der Waals surface area contributed by atoms with Crippen molar-refractivity contribution in [1.29, 1.82) is 0 Å². The van der Waals surface area contributed by atoms with Crippen LogP contribution in [0.25, 0.3) is 0 Å². The second-order valence-electron chi connectivity index (χ2n) is 6.00. The standard InChI is InChI=1S/C19H25NO2S/c1-14(2)19(15-9-11-16(22-3)12-10-15)20-18(21)8-4-6-17-7-5-13-23-17/h5,7,9-14,19H,4,6,8H2,1-3H3,(H,20,21)/t19-/m0/s1. The zero-order valence-electron chi connectivity index (χ0n) is 14.0. The molecule has 0 unspecified atom stereocenters. The van der Waals surface area contributed by atoms with Gasteiger partial charge < -0.3 is 10.1 Å². The van der Waals surface area contributed by atoms with Gasteiger partial charge in [0.2, 0.25) is 5.91 Å². The predicted octanol–water partition coefficient (Wildman–Crippen LogP) is 4.59. The van der Waals surface area contributed by atoms with E-state index >= 15 is 0 Å². The molecule has 124 valence electrons. The van der Waals surface area contributed by atoms with Gasteiger partial charge in [0.05, 0.1) is 13.2 Å². The van der Waals surface area contributed by atoms with E-state index in [-0.39, 0.29) is 11.9 Å². The third kappa shape index (κ3) is 5.39. The highest BCUT2D eigenvalue weighted by atomic mass is 32.1. The average molecular weight is 331 g/mol. The number of benzene rings is 1. The van der Waals surface area contributed by atoms with Crippen LogP contribution in [0.1, 0.15) is 43.2 Å². The Morgan fingerprint density at radius 2 is 1.96 bits per heavy atom. The molecule has 1 N–H and O–H groups in total. The Kier molecular flexibility index (Phi) is 6.66. The fourth-order valence-corrected chi connectivity index (χ4v) is 3.32. The molecule has 2 aromatic rings. The van der Waals surface area contributed by atoms with Gasteiger partial charge in [-0.25, -0.2) is 0 Å². The van der Waals surface area contributed by atoms with Crippen LogP contribution < -0.4 is 10.1 Å². The number of amides is 1. The molecule has 0 saturated carbocycles. The summed E-state index contributed by atoms with van der Waals surface area (Å²) in [4.78, 5) is 13.6. The van der Waals surface area contributed by atoms with Gasteiger partial charge in [-0.05, 0) is 47.9 Å². The maximum absolute atomic E-state index is 12.3. The van der Waals surface area contributed by atoms with Gasteiger partial charge in [-0.3, -0.25) is 4.79 Å². The first-order valence-electron chi connectivity index (χ1n) is 8.06. The molecular weight excluding hydrogens is 306 g/mol. The van der Waals surface area contributed by atoms with Gasteiger partial charge in [0.25, 0.3) is 0 Å². The molecule has 2 rings (SSSR count). The van der Waals surface area contributed by atoms with E-state index in [2.05, 4.69) is 36.7 Å². The number of hydrogen-bond donors (Lipinski definition) is 1. The SMILES string of the molecule is COc1ccc([C@@H](NC(=O)CCCc2cccs2)C(C)C)cc1. The summed E-state index contributed by atoms with van der Waals surface area (Å²) in [7, 11) is 1.66.